The van der Waals surface area contributed by atoms with Crippen LogP contribution in [0.3, 0.4) is 0 Å². The summed E-state index contributed by atoms with van der Waals surface area (Å²) in [6.45, 7) is 0. The van der Waals surface area contributed by atoms with Gasteiger partial charge in [-0.1, -0.05) is 6.07 Å². The van der Waals surface area contributed by atoms with Gasteiger partial charge in [0.15, 0.2) is 0 Å². The molecule has 0 bridgehead atoms. The molecule has 0 saturated heterocycles. The molecule has 1 atom stereocenters. The molecule has 4 rings (SSSR count). The maximum absolute atomic E-state index is 13.5. The molecule has 110 valence electrons. The van der Waals surface area contributed by atoms with E-state index in [4.69, 9.17) is 4.98 Å². The lowest BCUT2D eigenvalue weighted by Crippen LogP contribution is -2.24. The van der Waals surface area contributed by atoms with Crippen molar-refractivity contribution in [3.63, 3.8) is 0 Å². The summed E-state index contributed by atoms with van der Waals surface area (Å²) in [5.41, 5.74) is 2.36. The molecule has 0 amide bonds. The van der Waals surface area contributed by atoms with Crippen LogP contribution in [-0.2, 0) is 12.8 Å². The monoisotopic (exact) mass is 366 g/mol. The predicted molar refractivity (Wildman–Crippen MR) is 86.2 cm³/mol. The third kappa shape index (κ3) is 2.79. The molecule has 2 aromatic rings. The molecule has 0 radical (unpaired) electrons. The van der Waals surface area contributed by atoms with Gasteiger partial charge in [-0.25, -0.2) is 9.37 Å². The molecule has 1 N–H and O–H groups in total. The van der Waals surface area contributed by atoms with E-state index in [0.717, 1.165) is 23.4 Å². The highest BCUT2D eigenvalue weighted by Crippen LogP contribution is 2.36. The third-order valence-electron chi connectivity index (χ3n) is 4.12. The molecule has 5 heteroatoms. The van der Waals surface area contributed by atoms with Gasteiger partial charge >= 0.3 is 0 Å². The molecular weight excluding hydrogens is 351 g/mol. The molecule has 0 spiro atoms. The molecule has 1 unspecified atom stereocenters. The van der Waals surface area contributed by atoms with Gasteiger partial charge < -0.3 is 5.32 Å². The first kappa shape index (κ1) is 13.9. The van der Waals surface area contributed by atoms with E-state index in [0.29, 0.717) is 10.5 Å². The first-order chi connectivity index (χ1) is 10.2. The van der Waals surface area contributed by atoms with Gasteiger partial charge in [-0.15, -0.1) is 11.3 Å². The van der Waals surface area contributed by atoms with E-state index >= 15 is 0 Å². The Balaban J connectivity index is 1.70. The van der Waals surface area contributed by atoms with Gasteiger partial charge in [0.1, 0.15) is 10.8 Å². The van der Waals surface area contributed by atoms with Crippen molar-refractivity contribution in [2.45, 2.75) is 44.2 Å². The predicted octanol–water partition coefficient (Wildman–Crippen LogP) is 4.37. The van der Waals surface area contributed by atoms with Crippen LogP contribution in [0.1, 0.15) is 46.4 Å². The number of hydrogen-bond donors (Lipinski definition) is 1. The van der Waals surface area contributed by atoms with E-state index < -0.39 is 0 Å². The number of aryl methyl sites for hydroxylation is 2. The number of benzene rings is 1. The van der Waals surface area contributed by atoms with Crippen molar-refractivity contribution in [2.75, 3.05) is 0 Å². The molecule has 1 saturated carbocycles. The first-order valence-electron chi connectivity index (χ1n) is 7.40. The summed E-state index contributed by atoms with van der Waals surface area (Å²) in [6, 6.07) is 5.94. The third-order valence-corrected chi connectivity index (χ3v) is 5.95. The highest BCUT2D eigenvalue weighted by Gasteiger charge is 2.29. The molecule has 1 heterocycles. The quantitative estimate of drug-likeness (QED) is 0.868. The Morgan fingerprint density at radius 3 is 2.90 bits per heavy atom. The highest BCUT2D eigenvalue weighted by atomic mass is 79.9. The van der Waals surface area contributed by atoms with Crippen LogP contribution in [0.5, 0.6) is 0 Å². The van der Waals surface area contributed by atoms with Crippen LogP contribution in [0.4, 0.5) is 4.39 Å². The number of hydrogen-bond acceptors (Lipinski definition) is 3. The largest absolute Gasteiger partial charge is 0.301 e. The summed E-state index contributed by atoms with van der Waals surface area (Å²) in [4.78, 5) is 6.29. The normalized spacial score (nSPS) is 18.8. The molecule has 1 aromatic heterocycles. The fraction of sp³-hybridized carbons (Fsp3) is 0.438. The van der Waals surface area contributed by atoms with Crippen LogP contribution >= 0.6 is 27.3 Å². The summed E-state index contributed by atoms with van der Waals surface area (Å²) >= 11 is 5.12. The summed E-state index contributed by atoms with van der Waals surface area (Å²) in [6.07, 6.45) is 5.95. The Labute approximate surface area is 135 Å². The van der Waals surface area contributed by atoms with Crippen molar-refractivity contribution in [3.05, 3.63) is 49.6 Å². The van der Waals surface area contributed by atoms with E-state index in [-0.39, 0.29) is 11.9 Å². The smallest absolute Gasteiger partial charge is 0.137 e. The van der Waals surface area contributed by atoms with Gasteiger partial charge in [0, 0.05) is 10.9 Å². The lowest BCUT2D eigenvalue weighted by Gasteiger charge is -2.17. The van der Waals surface area contributed by atoms with E-state index in [1.807, 2.05) is 23.5 Å². The summed E-state index contributed by atoms with van der Waals surface area (Å²) in [5, 5.41) is 4.79. The average Bonchev–Trinajstić information content (AvgIpc) is 3.03. The Hall–Kier alpha value is -0.780. The van der Waals surface area contributed by atoms with Crippen molar-refractivity contribution in [1.29, 1.82) is 0 Å². The second kappa shape index (κ2) is 5.45. The molecule has 2 aliphatic rings. The summed E-state index contributed by atoms with van der Waals surface area (Å²) in [7, 11) is 0. The number of halogens is 2. The Kier molecular flexibility index (Phi) is 3.59. The van der Waals surface area contributed by atoms with Crippen LogP contribution in [-0.4, -0.2) is 11.0 Å². The van der Waals surface area contributed by atoms with Gasteiger partial charge in [-0.05, 0) is 65.7 Å². The lowest BCUT2D eigenvalue weighted by molar-refractivity contribution is 0.589. The molecule has 0 aliphatic heterocycles. The van der Waals surface area contributed by atoms with Gasteiger partial charge in [-0.2, -0.15) is 0 Å². The van der Waals surface area contributed by atoms with Crippen molar-refractivity contribution in [2.24, 2.45) is 0 Å². The number of aromatic nitrogens is 1. The van der Waals surface area contributed by atoms with E-state index in [2.05, 4.69) is 21.2 Å². The van der Waals surface area contributed by atoms with E-state index in [1.165, 1.54) is 35.9 Å². The van der Waals surface area contributed by atoms with Gasteiger partial charge in [0.25, 0.3) is 0 Å². The number of nitrogens with zero attached hydrogens (tertiary/aromatic N) is 1. The zero-order valence-electron chi connectivity index (χ0n) is 11.5. The van der Waals surface area contributed by atoms with Crippen LogP contribution < -0.4 is 5.32 Å². The van der Waals surface area contributed by atoms with Crippen LogP contribution in [0.15, 0.2) is 22.7 Å². The maximum atomic E-state index is 13.5. The van der Waals surface area contributed by atoms with Crippen molar-refractivity contribution in [3.8, 4) is 0 Å². The molecule has 21 heavy (non-hydrogen) atoms. The first-order valence-corrected chi connectivity index (χ1v) is 9.01. The van der Waals surface area contributed by atoms with Crippen molar-refractivity contribution in [1.82, 2.24) is 10.3 Å². The van der Waals surface area contributed by atoms with Gasteiger partial charge in [0.05, 0.1) is 16.2 Å². The van der Waals surface area contributed by atoms with Gasteiger partial charge in [-0.3, -0.25) is 0 Å². The zero-order valence-corrected chi connectivity index (χ0v) is 13.9. The molecule has 2 aliphatic carbocycles. The Bertz CT molecular complexity index is 659. The molecular formula is C16H16BrFN2S. The minimum atomic E-state index is -0.217. The SMILES string of the molecule is Fc1ccc(C(NC2CC2)c2nc3c(s2)CCC3)cc1Br. The molecule has 1 fully saturated rings. The molecule has 2 nitrogen and oxygen atoms in total. The fourth-order valence-electron chi connectivity index (χ4n) is 2.82. The minimum absolute atomic E-state index is 0.0880. The van der Waals surface area contributed by atoms with Crippen LogP contribution in [0, 0.1) is 5.82 Å². The average molecular weight is 367 g/mol. The summed E-state index contributed by atoms with van der Waals surface area (Å²) in [5.74, 6) is -0.217. The van der Waals surface area contributed by atoms with Crippen molar-refractivity contribution >= 4 is 27.3 Å². The zero-order chi connectivity index (χ0) is 14.4. The molecule has 1 aromatic carbocycles. The standard InChI is InChI=1S/C16H16BrFN2S/c17-11-8-9(4-7-12(11)18)15(19-10-5-6-10)16-20-13-2-1-3-14(13)21-16/h4,7-8,10,15,19H,1-3,5-6H2. The number of thiazole rings is 1. The second-order valence-corrected chi connectivity index (χ2v) is 7.79. The van der Waals surface area contributed by atoms with E-state index in [1.54, 1.807) is 0 Å². The highest BCUT2D eigenvalue weighted by molar-refractivity contribution is 9.10. The number of fused-ring (bicyclic) bond motifs is 1. The number of rotatable bonds is 4. The lowest BCUT2D eigenvalue weighted by atomic mass is 10.1. The van der Waals surface area contributed by atoms with E-state index in [9.17, 15) is 4.39 Å². The minimum Gasteiger partial charge on any atom is -0.301 e. The second-order valence-electron chi connectivity index (χ2n) is 5.82. The Morgan fingerprint density at radius 1 is 1.33 bits per heavy atom. The topological polar surface area (TPSA) is 24.9 Å². The fourth-order valence-corrected chi connectivity index (χ4v) is 4.46. The maximum Gasteiger partial charge on any atom is 0.137 e. The van der Waals surface area contributed by atoms with Crippen molar-refractivity contribution < 1.29 is 4.39 Å². The van der Waals surface area contributed by atoms with Gasteiger partial charge in [0.2, 0.25) is 0 Å². The van der Waals surface area contributed by atoms with Crippen LogP contribution in [0.25, 0.3) is 0 Å². The van der Waals surface area contributed by atoms with Crippen LogP contribution in [0.2, 0.25) is 0 Å². The summed E-state index contributed by atoms with van der Waals surface area (Å²) < 4.78 is 14.0. The Morgan fingerprint density at radius 2 is 2.19 bits per heavy atom. The number of nitrogens with one attached hydrogen (secondary N) is 1.